The molecule has 0 heterocycles. The van der Waals surface area contributed by atoms with E-state index in [0.29, 0.717) is 12.2 Å². The van der Waals surface area contributed by atoms with E-state index in [4.69, 9.17) is 4.74 Å². The highest BCUT2D eigenvalue weighted by Crippen LogP contribution is 2.22. The summed E-state index contributed by atoms with van der Waals surface area (Å²) in [6.45, 7) is 4.71. The molecular formula is C17H18BrNO2. The minimum Gasteiger partial charge on any atom is -0.494 e. The number of ether oxygens (including phenoxy) is 1. The van der Waals surface area contributed by atoms with Crippen LogP contribution in [0.1, 0.15) is 29.3 Å². The number of hydrogen-bond donors (Lipinski definition) is 1. The van der Waals surface area contributed by atoms with Crippen LogP contribution in [0, 0.1) is 6.92 Å². The number of carbonyl (C=O) groups excluding carboxylic acids is 1. The first kappa shape index (κ1) is 15.6. The molecule has 4 heteroatoms. The largest absolute Gasteiger partial charge is 0.494 e. The number of nitrogens with one attached hydrogen (secondary N) is 1. The fraction of sp³-hybridized carbons (Fsp3) is 0.235. The van der Waals surface area contributed by atoms with E-state index in [1.807, 2.05) is 49.4 Å². The molecular weight excluding hydrogens is 330 g/mol. The minimum absolute atomic E-state index is 0.144. The molecule has 0 fully saturated rings. The van der Waals surface area contributed by atoms with Gasteiger partial charge >= 0.3 is 0 Å². The van der Waals surface area contributed by atoms with Crippen molar-refractivity contribution in [3.8, 4) is 5.75 Å². The van der Waals surface area contributed by atoms with Gasteiger partial charge in [0.25, 0.3) is 5.91 Å². The molecule has 2 rings (SSSR count). The average molecular weight is 348 g/mol. The molecule has 0 radical (unpaired) electrons. The fourth-order valence-electron chi connectivity index (χ4n) is 1.89. The summed E-state index contributed by atoms with van der Waals surface area (Å²) in [4.78, 5) is 12.3. The smallest absolute Gasteiger partial charge is 0.256 e. The van der Waals surface area contributed by atoms with Crippen molar-refractivity contribution in [3.05, 3.63) is 58.1 Å². The van der Waals surface area contributed by atoms with Crippen molar-refractivity contribution in [3.63, 3.8) is 0 Å². The molecule has 0 aliphatic heterocycles. The highest BCUT2D eigenvalue weighted by atomic mass is 79.9. The molecule has 1 N–H and O–H groups in total. The highest BCUT2D eigenvalue weighted by Gasteiger charge is 2.10. The molecule has 110 valence electrons. The van der Waals surface area contributed by atoms with E-state index < -0.39 is 0 Å². The third kappa shape index (κ3) is 4.33. The van der Waals surface area contributed by atoms with Crippen molar-refractivity contribution in [2.75, 3.05) is 11.9 Å². The second kappa shape index (κ2) is 7.27. The Morgan fingerprint density at radius 1 is 1.24 bits per heavy atom. The maximum Gasteiger partial charge on any atom is 0.256 e. The molecule has 0 unspecified atom stereocenters. The van der Waals surface area contributed by atoms with Crippen LogP contribution in [0.2, 0.25) is 0 Å². The van der Waals surface area contributed by atoms with Crippen molar-refractivity contribution in [1.29, 1.82) is 0 Å². The maximum atomic E-state index is 12.3. The standard InChI is InChI=1S/C17H18BrNO2/c1-3-9-21-14-6-4-5-13(11-14)19-17(20)15-8-7-12(2)10-16(15)18/h4-8,10-11H,3,9H2,1-2H3,(H,19,20). The van der Waals surface area contributed by atoms with Crippen LogP contribution in [0.4, 0.5) is 5.69 Å². The van der Waals surface area contributed by atoms with Gasteiger partial charge in [-0.15, -0.1) is 0 Å². The van der Waals surface area contributed by atoms with Crippen LogP contribution in [0.3, 0.4) is 0 Å². The Balaban J connectivity index is 2.12. The van der Waals surface area contributed by atoms with Crippen LogP contribution >= 0.6 is 15.9 Å². The lowest BCUT2D eigenvalue weighted by molar-refractivity contribution is 0.102. The van der Waals surface area contributed by atoms with Crippen LogP contribution in [-0.2, 0) is 0 Å². The number of aryl methyl sites for hydroxylation is 1. The molecule has 0 aliphatic rings. The van der Waals surface area contributed by atoms with Gasteiger partial charge in [-0.05, 0) is 59.1 Å². The summed E-state index contributed by atoms with van der Waals surface area (Å²) in [5.74, 6) is 0.618. The summed E-state index contributed by atoms with van der Waals surface area (Å²) in [6, 6.07) is 13.1. The van der Waals surface area contributed by atoms with Crippen molar-refractivity contribution < 1.29 is 9.53 Å². The lowest BCUT2D eigenvalue weighted by Gasteiger charge is -2.10. The van der Waals surface area contributed by atoms with Gasteiger partial charge in [0.15, 0.2) is 0 Å². The predicted molar refractivity (Wildman–Crippen MR) is 89.1 cm³/mol. The van der Waals surface area contributed by atoms with Gasteiger partial charge in [-0.2, -0.15) is 0 Å². The monoisotopic (exact) mass is 347 g/mol. The Bertz CT molecular complexity index is 640. The van der Waals surface area contributed by atoms with Gasteiger partial charge in [0, 0.05) is 16.2 Å². The Hall–Kier alpha value is -1.81. The van der Waals surface area contributed by atoms with Gasteiger partial charge in [-0.3, -0.25) is 4.79 Å². The van der Waals surface area contributed by atoms with Gasteiger partial charge in [-0.25, -0.2) is 0 Å². The van der Waals surface area contributed by atoms with E-state index in [1.54, 1.807) is 0 Å². The first-order chi connectivity index (χ1) is 10.1. The van der Waals surface area contributed by atoms with Crippen LogP contribution in [0.5, 0.6) is 5.75 Å². The van der Waals surface area contributed by atoms with Gasteiger partial charge in [0.2, 0.25) is 0 Å². The van der Waals surface area contributed by atoms with Crippen molar-refractivity contribution >= 4 is 27.5 Å². The number of amides is 1. The summed E-state index contributed by atoms with van der Waals surface area (Å²) in [5.41, 5.74) is 2.44. The summed E-state index contributed by atoms with van der Waals surface area (Å²) in [6.07, 6.45) is 0.951. The third-order valence-electron chi connectivity index (χ3n) is 2.93. The molecule has 0 spiro atoms. The first-order valence-electron chi connectivity index (χ1n) is 6.90. The summed E-state index contributed by atoms with van der Waals surface area (Å²) in [5, 5.41) is 2.89. The quantitative estimate of drug-likeness (QED) is 0.843. The molecule has 3 nitrogen and oxygen atoms in total. The van der Waals surface area contributed by atoms with Crippen LogP contribution in [0.25, 0.3) is 0 Å². The Labute approximate surface area is 133 Å². The number of anilines is 1. The van der Waals surface area contributed by atoms with Crippen LogP contribution < -0.4 is 10.1 Å². The summed E-state index contributed by atoms with van der Waals surface area (Å²) in [7, 11) is 0. The Morgan fingerprint density at radius 2 is 2.05 bits per heavy atom. The van der Waals surface area contributed by atoms with E-state index in [-0.39, 0.29) is 5.91 Å². The van der Waals surface area contributed by atoms with Gasteiger partial charge in [0.1, 0.15) is 5.75 Å². The van der Waals surface area contributed by atoms with Crippen molar-refractivity contribution in [2.45, 2.75) is 20.3 Å². The molecule has 2 aromatic rings. The van der Waals surface area contributed by atoms with Gasteiger partial charge in [-0.1, -0.05) is 19.1 Å². The summed E-state index contributed by atoms with van der Waals surface area (Å²) < 4.78 is 6.35. The SMILES string of the molecule is CCCOc1cccc(NC(=O)c2ccc(C)cc2Br)c1. The molecule has 0 saturated heterocycles. The molecule has 2 aromatic carbocycles. The van der Waals surface area contributed by atoms with Crippen LogP contribution in [0.15, 0.2) is 46.9 Å². The Morgan fingerprint density at radius 3 is 2.76 bits per heavy atom. The molecule has 1 amide bonds. The fourth-order valence-corrected chi connectivity index (χ4v) is 2.56. The zero-order valence-corrected chi connectivity index (χ0v) is 13.7. The van der Waals surface area contributed by atoms with E-state index in [1.165, 1.54) is 0 Å². The van der Waals surface area contributed by atoms with Crippen LogP contribution in [-0.4, -0.2) is 12.5 Å². The Kier molecular flexibility index (Phi) is 5.39. The molecule has 0 aliphatic carbocycles. The number of hydrogen-bond acceptors (Lipinski definition) is 2. The average Bonchev–Trinajstić information content (AvgIpc) is 2.45. The topological polar surface area (TPSA) is 38.3 Å². The summed E-state index contributed by atoms with van der Waals surface area (Å²) >= 11 is 3.42. The molecule has 21 heavy (non-hydrogen) atoms. The molecule has 0 saturated carbocycles. The number of rotatable bonds is 5. The number of halogens is 1. The van der Waals surface area contributed by atoms with Crippen molar-refractivity contribution in [1.82, 2.24) is 0 Å². The maximum absolute atomic E-state index is 12.3. The first-order valence-corrected chi connectivity index (χ1v) is 7.70. The lowest BCUT2D eigenvalue weighted by Crippen LogP contribution is -2.12. The zero-order chi connectivity index (χ0) is 15.2. The van der Waals surface area contributed by atoms with Gasteiger partial charge in [0.05, 0.1) is 12.2 Å². The molecule has 0 bridgehead atoms. The molecule has 0 aromatic heterocycles. The predicted octanol–water partition coefficient (Wildman–Crippen LogP) is 4.80. The van der Waals surface area contributed by atoms with E-state index in [2.05, 4.69) is 28.2 Å². The second-order valence-electron chi connectivity index (χ2n) is 4.81. The van der Waals surface area contributed by atoms with E-state index in [0.717, 1.165) is 27.9 Å². The van der Waals surface area contributed by atoms with E-state index >= 15 is 0 Å². The number of benzene rings is 2. The second-order valence-corrected chi connectivity index (χ2v) is 5.67. The molecule has 0 atom stereocenters. The highest BCUT2D eigenvalue weighted by molar-refractivity contribution is 9.10. The minimum atomic E-state index is -0.144. The zero-order valence-electron chi connectivity index (χ0n) is 12.2. The lowest BCUT2D eigenvalue weighted by atomic mass is 10.1. The van der Waals surface area contributed by atoms with E-state index in [9.17, 15) is 4.79 Å². The third-order valence-corrected chi connectivity index (χ3v) is 3.59. The van der Waals surface area contributed by atoms with Crippen molar-refractivity contribution in [2.24, 2.45) is 0 Å². The normalized spacial score (nSPS) is 10.2. The number of carbonyl (C=O) groups is 1. The van der Waals surface area contributed by atoms with Gasteiger partial charge < -0.3 is 10.1 Å².